The molecule has 0 aliphatic heterocycles. The molecule has 3 amide bonds. The number of primary amides is 1. The highest BCUT2D eigenvalue weighted by Crippen LogP contribution is 2.17. The number of benzene rings is 2. The normalized spacial score (nSPS) is 11.4. The maximum Gasteiger partial charge on any atom is 0.316 e. The van der Waals surface area contributed by atoms with Crippen LogP contribution in [0.2, 0.25) is 0 Å². The molecule has 0 spiro atoms. The summed E-state index contributed by atoms with van der Waals surface area (Å²) >= 11 is 0. The molecule has 0 aromatic heterocycles. The topological polar surface area (TPSA) is 93.4 Å². The Hall–Kier alpha value is -3.02. The first-order chi connectivity index (χ1) is 10.9. The molecule has 1 unspecified atom stereocenters. The molecule has 0 aliphatic rings. The van der Waals surface area contributed by atoms with Gasteiger partial charge in [0.2, 0.25) is 0 Å². The summed E-state index contributed by atoms with van der Waals surface area (Å²) in [6, 6.07) is 13.5. The maximum absolute atomic E-state index is 12.2. The number of hydrogen-bond acceptors (Lipinski definition) is 3. The van der Waals surface area contributed by atoms with E-state index in [9.17, 15) is 9.59 Å². The number of nitrogens with one attached hydrogen (secondary N) is 2. The van der Waals surface area contributed by atoms with Gasteiger partial charge >= 0.3 is 6.03 Å². The van der Waals surface area contributed by atoms with E-state index in [-0.39, 0.29) is 5.91 Å². The summed E-state index contributed by atoms with van der Waals surface area (Å²) in [5.41, 5.74) is 7.17. The van der Waals surface area contributed by atoms with Crippen LogP contribution in [0, 0.1) is 6.92 Å². The van der Waals surface area contributed by atoms with Gasteiger partial charge in [-0.25, -0.2) is 4.79 Å². The van der Waals surface area contributed by atoms with Crippen LogP contribution >= 0.6 is 0 Å². The fourth-order valence-electron chi connectivity index (χ4n) is 2.01. The van der Waals surface area contributed by atoms with Crippen LogP contribution in [-0.2, 0) is 4.79 Å². The minimum Gasteiger partial charge on any atom is -0.481 e. The quantitative estimate of drug-likeness (QED) is 0.792. The van der Waals surface area contributed by atoms with Crippen LogP contribution in [-0.4, -0.2) is 18.0 Å². The zero-order chi connectivity index (χ0) is 16.8. The van der Waals surface area contributed by atoms with Crippen molar-refractivity contribution in [1.29, 1.82) is 0 Å². The summed E-state index contributed by atoms with van der Waals surface area (Å²) in [5.74, 6) is 0.347. The van der Waals surface area contributed by atoms with E-state index >= 15 is 0 Å². The average Bonchev–Trinajstić information content (AvgIpc) is 2.46. The number of amides is 3. The number of hydrogen-bond donors (Lipinski definition) is 3. The van der Waals surface area contributed by atoms with Crippen molar-refractivity contribution in [2.24, 2.45) is 5.73 Å². The van der Waals surface area contributed by atoms with Gasteiger partial charge < -0.3 is 21.1 Å². The molecule has 1 atom stereocenters. The number of aryl methyl sites for hydroxylation is 1. The highest BCUT2D eigenvalue weighted by molar-refractivity contribution is 5.95. The van der Waals surface area contributed by atoms with Gasteiger partial charge in [0.1, 0.15) is 5.75 Å². The monoisotopic (exact) mass is 313 g/mol. The summed E-state index contributed by atoms with van der Waals surface area (Å²) in [7, 11) is 0. The molecule has 2 rings (SSSR count). The van der Waals surface area contributed by atoms with Crippen LogP contribution < -0.4 is 21.1 Å². The molecular formula is C17H19N3O3. The van der Waals surface area contributed by atoms with Crippen LogP contribution in [0.5, 0.6) is 5.75 Å². The van der Waals surface area contributed by atoms with Crippen molar-refractivity contribution in [3.05, 3.63) is 54.1 Å². The first kappa shape index (κ1) is 16.4. The molecule has 0 saturated heterocycles. The Kier molecular flexibility index (Phi) is 5.19. The third-order valence-corrected chi connectivity index (χ3v) is 3.07. The number of carbonyl (C=O) groups is 2. The third kappa shape index (κ3) is 5.03. The smallest absolute Gasteiger partial charge is 0.316 e. The number of carbonyl (C=O) groups excluding carboxylic acids is 2. The van der Waals surface area contributed by atoms with Crippen LogP contribution in [0.1, 0.15) is 12.5 Å². The Labute approximate surface area is 134 Å². The Bertz CT molecular complexity index is 716. The summed E-state index contributed by atoms with van der Waals surface area (Å²) in [5, 5.41) is 5.18. The Morgan fingerprint density at radius 2 is 1.70 bits per heavy atom. The Balaban J connectivity index is 1.99. The van der Waals surface area contributed by atoms with Crippen molar-refractivity contribution >= 4 is 23.3 Å². The highest BCUT2D eigenvalue weighted by atomic mass is 16.5. The Morgan fingerprint density at radius 3 is 2.35 bits per heavy atom. The van der Waals surface area contributed by atoms with E-state index in [1.165, 1.54) is 0 Å². The van der Waals surface area contributed by atoms with Gasteiger partial charge in [0.25, 0.3) is 5.91 Å². The van der Waals surface area contributed by atoms with Crippen LogP contribution in [0.15, 0.2) is 48.5 Å². The average molecular weight is 313 g/mol. The van der Waals surface area contributed by atoms with E-state index < -0.39 is 12.1 Å². The van der Waals surface area contributed by atoms with E-state index in [2.05, 4.69) is 10.6 Å². The molecule has 0 fully saturated rings. The van der Waals surface area contributed by atoms with Crippen molar-refractivity contribution in [2.75, 3.05) is 10.6 Å². The van der Waals surface area contributed by atoms with Crippen LogP contribution in [0.25, 0.3) is 0 Å². The first-order valence-corrected chi connectivity index (χ1v) is 7.15. The molecule has 2 aromatic carbocycles. The Morgan fingerprint density at radius 1 is 1.04 bits per heavy atom. The van der Waals surface area contributed by atoms with Gasteiger partial charge in [-0.3, -0.25) is 4.79 Å². The lowest BCUT2D eigenvalue weighted by atomic mass is 10.2. The number of nitrogens with two attached hydrogens (primary N) is 1. The second-order valence-electron chi connectivity index (χ2n) is 5.14. The lowest BCUT2D eigenvalue weighted by molar-refractivity contribution is -0.122. The van der Waals surface area contributed by atoms with Crippen molar-refractivity contribution < 1.29 is 14.3 Å². The highest BCUT2D eigenvalue weighted by Gasteiger charge is 2.15. The molecule has 120 valence electrons. The molecule has 4 N–H and O–H groups in total. The lowest BCUT2D eigenvalue weighted by Gasteiger charge is -2.15. The predicted octanol–water partition coefficient (Wildman–Crippen LogP) is 2.89. The van der Waals surface area contributed by atoms with Crippen molar-refractivity contribution in [1.82, 2.24) is 0 Å². The molecule has 0 aliphatic carbocycles. The largest absolute Gasteiger partial charge is 0.481 e. The van der Waals surface area contributed by atoms with Gasteiger partial charge in [0.15, 0.2) is 6.10 Å². The van der Waals surface area contributed by atoms with E-state index in [4.69, 9.17) is 10.5 Å². The lowest BCUT2D eigenvalue weighted by Crippen LogP contribution is -2.30. The van der Waals surface area contributed by atoms with E-state index in [1.807, 2.05) is 25.1 Å². The number of rotatable bonds is 5. The second-order valence-corrected chi connectivity index (χ2v) is 5.14. The fourth-order valence-corrected chi connectivity index (χ4v) is 2.01. The fraction of sp³-hybridized carbons (Fsp3) is 0.176. The summed E-state index contributed by atoms with van der Waals surface area (Å²) in [6.45, 7) is 3.62. The molecule has 0 saturated carbocycles. The molecule has 6 nitrogen and oxygen atoms in total. The number of urea groups is 1. The van der Waals surface area contributed by atoms with Gasteiger partial charge in [0.05, 0.1) is 0 Å². The standard InChI is InChI=1S/C17H19N3O3/c1-11-5-3-8-15(9-11)23-12(2)16(21)19-13-6-4-7-14(10-13)20-17(18)22/h3-10,12H,1-2H3,(H,19,21)(H3,18,20,22). The molecule has 0 radical (unpaired) electrons. The van der Waals surface area contributed by atoms with Gasteiger partial charge in [-0.05, 0) is 49.7 Å². The molecule has 23 heavy (non-hydrogen) atoms. The van der Waals surface area contributed by atoms with Gasteiger partial charge in [-0.2, -0.15) is 0 Å². The van der Waals surface area contributed by atoms with Crippen LogP contribution in [0.4, 0.5) is 16.2 Å². The third-order valence-electron chi connectivity index (χ3n) is 3.07. The summed E-state index contributed by atoms with van der Waals surface area (Å²) in [4.78, 5) is 23.0. The SMILES string of the molecule is Cc1cccc(OC(C)C(=O)Nc2cccc(NC(N)=O)c2)c1. The molecule has 6 heteroatoms. The molecule has 0 heterocycles. The summed E-state index contributed by atoms with van der Waals surface area (Å²) in [6.07, 6.45) is -0.662. The first-order valence-electron chi connectivity index (χ1n) is 7.15. The molecule has 2 aromatic rings. The molecule has 0 bridgehead atoms. The van der Waals surface area contributed by atoms with Crippen molar-refractivity contribution in [3.8, 4) is 5.75 Å². The van der Waals surface area contributed by atoms with Crippen LogP contribution in [0.3, 0.4) is 0 Å². The minimum atomic E-state index is -0.662. The van der Waals surface area contributed by atoms with E-state index in [0.717, 1.165) is 5.56 Å². The zero-order valence-electron chi connectivity index (χ0n) is 13.0. The van der Waals surface area contributed by atoms with E-state index in [0.29, 0.717) is 17.1 Å². The van der Waals surface area contributed by atoms with E-state index in [1.54, 1.807) is 37.3 Å². The van der Waals surface area contributed by atoms with Gasteiger partial charge in [-0.1, -0.05) is 18.2 Å². The summed E-state index contributed by atoms with van der Waals surface area (Å²) < 4.78 is 5.62. The minimum absolute atomic E-state index is 0.289. The van der Waals surface area contributed by atoms with Crippen molar-refractivity contribution in [2.45, 2.75) is 20.0 Å². The number of anilines is 2. The maximum atomic E-state index is 12.2. The second kappa shape index (κ2) is 7.31. The van der Waals surface area contributed by atoms with Crippen molar-refractivity contribution in [3.63, 3.8) is 0 Å². The molecular weight excluding hydrogens is 294 g/mol. The number of ether oxygens (including phenoxy) is 1. The van der Waals surface area contributed by atoms with Gasteiger partial charge in [-0.15, -0.1) is 0 Å². The predicted molar refractivity (Wildman–Crippen MR) is 89.5 cm³/mol. The zero-order valence-corrected chi connectivity index (χ0v) is 13.0. The van der Waals surface area contributed by atoms with Gasteiger partial charge in [0, 0.05) is 11.4 Å².